The maximum Gasteiger partial charge on any atom is 0.303 e. The van der Waals surface area contributed by atoms with E-state index in [1.54, 1.807) is 18.4 Å². The van der Waals surface area contributed by atoms with E-state index in [1.165, 1.54) is 0 Å². The third-order valence-corrected chi connectivity index (χ3v) is 5.37. The fourth-order valence-electron chi connectivity index (χ4n) is 3.34. The first-order valence-electron chi connectivity index (χ1n) is 7.25. The number of benzene rings is 1. The minimum atomic E-state index is -0.695. The van der Waals surface area contributed by atoms with Crippen LogP contribution >= 0.6 is 11.3 Å². The van der Waals surface area contributed by atoms with Gasteiger partial charge in [0.1, 0.15) is 5.75 Å². The highest BCUT2D eigenvalue weighted by molar-refractivity contribution is 7.18. The number of nitrogens with zero attached hydrogens (tertiary/aromatic N) is 1. The highest BCUT2D eigenvalue weighted by atomic mass is 32.1. The van der Waals surface area contributed by atoms with E-state index in [-0.39, 0.29) is 11.8 Å². The fourth-order valence-corrected chi connectivity index (χ4v) is 4.51. The average Bonchev–Trinajstić information content (AvgIpc) is 3.03. The van der Waals surface area contributed by atoms with Crippen LogP contribution in [0.4, 0.5) is 0 Å². The second kappa shape index (κ2) is 5.64. The van der Waals surface area contributed by atoms with Crippen LogP contribution in [0.5, 0.6) is 5.75 Å². The quantitative estimate of drug-likeness (QED) is 0.910. The highest BCUT2D eigenvalue weighted by Gasteiger charge is 2.37. The first kappa shape index (κ1) is 14.3. The number of hydrogen-bond donors (Lipinski definition) is 1. The van der Waals surface area contributed by atoms with Crippen molar-refractivity contribution in [1.29, 1.82) is 0 Å². The zero-order valence-corrected chi connectivity index (χ0v) is 12.9. The van der Waals surface area contributed by atoms with Crippen LogP contribution in [0, 0.1) is 5.41 Å². The van der Waals surface area contributed by atoms with Crippen LogP contribution < -0.4 is 4.74 Å². The number of methoxy groups -OCH3 is 1. The molecule has 0 unspecified atom stereocenters. The summed E-state index contributed by atoms with van der Waals surface area (Å²) in [5.41, 5.74) is 0.878. The van der Waals surface area contributed by atoms with Crippen molar-refractivity contribution in [3.8, 4) is 5.75 Å². The van der Waals surface area contributed by atoms with Gasteiger partial charge in [0.25, 0.3) is 0 Å². The number of carboxylic acids is 1. The Morgan fingerprint density at radius 3 is 2.86 bits per heavy atom. The molecule has 0 spiro atoms. The second-order valence-electron chi connectivity index (χ2n) is 5.90. The Hall–Kier alpha value is -1.62. The van der Waals surface area contributed by atoms with E-state index in [0.717, 1.165) is 53.1 Å². The van der Waals surface area contributed by atoms with Crippen LogP contribution in [0.25, 0.3) is 10.2 Å². The van der Waals surface area contributed by atoms with Gasteiger partial charge in [0.15, 0.2) is 0 Å². The maximum absolute atomic E-state index is 11.2. The molecule has 1 aromatic carbocycles. The van der Waals surface area contributed by atoms with E-state index in [2.05, 4.69) is 4.98 Å². The lowest BCUT2D eigenvalue weighted by molar-refractivity contribution is -0.139. The molecule has 112 valence electrons. The molecule has 1 fully saturated rings. The summed E-state index contributed by atoms with van der Waals surface area (Å²) in [6.07, 6.45) is 5.29. The van der Waals surface area contributed by atoms with Gasteiger partial charge in [0.2, 0.25) is 0 Å². The Morgan fingerprint density at radius 1 is 1.43 bits per heavy atom. The Bertz CT molecular complexity index is 659. The summed E-state index contributed by atoms with van der Waals surface area (Å²) in [5.74, 6) is 0.137. The molecule has 0 amide bonds. The van der Waals surface area contributed by atoms with Crippen molar-refractivity contribution in [3.05, 3.63) is 23.2 Å². The van der Waals surface area contributed by atoms with Gasteiger partial charge in [0, 0.05) is 6.42 Å². The number of rotatable bonds is 5. The summed E-state index contributed by atoms with van der Waals surface area (Å²) in [4.78, 5) is 15.8. The Balaban J connectivity index is 1.87. The van der Waals surface area contributed by atoms with Gasteiger partial charge < -0.3 is 9.84 Å². The molecule has 2 aromatic rings. The molecule has 0 bridgehead atoms. The molecule has 0 radical (unpaired) electrons. The number of carbonyl (C=O) groups is 1. The van der Waals surface area contributed by atoms with Crippen LogP contribution in [0.2, 0.25) is 0 Å². The van der Waals surface area contributed by atoms with Crippen LogP contribution in [0.1, 0.15) is 37.1 Å². The third kappa shape index (κ3) is 3.02. The Labute approximate surface area is 127 Å². The van der Waals surface area contributed by atoms with Gasteiger partial charge >= 0.3 is 5.97 Å². The van der Waals surface area contributed by atoms with Gasteiger partial charge in [-0.2, -0.15) is 0 Å². The van der Waals surface area contributed by atoms with Crippen molar-refractivity contribution in [2.75, 3.05) is 7.11 Å². The molecule has 3 rings (SSSR count). The monoisotopic (exact) mass is 305 g/mol. The van der Waals surface area contributed by atoms with E-state index in [4.69, 9.17) is 4.74 Å². The SMILES string of the molecule is COc1ccc2nc(CC3(CC(=O)O)CCCC3)sc2c1. The highest BCUT2D eigenvalue weighted by Crippen LogP contribution is 2.44. The average molecular weight is 305 g/mol. The molecule has 1 aliphatic carbocycles. The van der Waals surface area contributed by atoms with Crippen LogP contribution in [-0.4, -0.2) is 23.2 Å². The number of aromatic nitrogens is 1. The molecular weight excluding hydrogens is 286 g/mol. The predicted molar refractivity (Wildman–Crippen MR) is 83.0 cm³/mol. The van der Waals surface area contributed by atoms with Crippen LogP contribution in [0.3, 0.4) is 0 Å². The van der Waals surface area contributed by atoms with Crippen molar-refractivity contribution in [3.63, 3.8) is 0 Å². The summed E-state index contributed by atoms with van der Waals surface area (Å²) in [5, 5.41) is 10.2. The van der Waals surface area contributed by atoms with Crippen LogP contribution in [0.15, 0.2) is 18.2 Å². The van der Waals surface area contributed by atoms with Crippen LogP contribution in [-0.2, 0) is 11.2 Å². The van der Waals surface area contributed by atoms with Gasteiger partial charge in [-0.3, -0.25) is 4.79 Å². The van der Waals surface area contributed by atoms with Crippen molar-refractivity contribution in [2.24, 2.45) is 5.41 Å². The van der Waals surface area contributed by atoms with Gasteiger partial charge in [0.05, 0.1) is 28.8 Å². The minimum Gasteiger partial charge on any atom is -0.497 e. The molecular formula is C16H19NO3S. The van der Waals surface area contributed by atoms with Crippen molar-refractivity contribution in [2.45, 2.75) is 38.5 Å². The molecule has 0 atom stereocenters. The second-order valence-corrected chi connectivity index (χ2v) is 7.01. The maximum atomic E-state index is 11.2. The van der Waals surface area contributed by atoms with Gasteiger partial charge in [-0.1, -0.05) is 12.8 Å². The van der Waals surface area contributed by atoms with E-state index in [1.807, 2.05) is 18.2 Å². The first-order valence-corrected chi connectivity index (χ1v) is 8.07. The number of thiazole rings is 1. The lowest BCUT2D eigenvalue weighted by atomic mass is 9.80. The number of hydrogen-bond acceptors (Lipinski definition) is 4. The summed E-state index contributed by atoms with van der Waals surface area (Å²) in [7, 11) is 1.66. The molecule has 1 aromatic heterocycles. The van der Waals surface area contributed by atoms with E-state index < -0.39 is 5.97 Å². The van der Waals surface area contributed by atoms with Gasteiger partial charge in [-0.05, 0) is 36.5 Å². The summed E-state index contributed by atoms with van der Waals surface area (Å²) < 4.78 is 6.34. The normalized spacial score (nSPS) is 17.2. The van der Waals surface area contributed by atoms with Crippen molar-refractivity contribution >= 4 is 27.5 Å². The summed E-state index contributed by atoms with van der Waals surface area (Å²) >= 11 is 1.66. The summed E-state index contributed by atoms with van der Waals surface area (Å²) in [6.45, 7) is 0. The molecule has 5 heteroatoms. The lowest BCUT2D eigenvalue weighted by Gasteiger charge is -2.25. The zero-order chi connectivity index (χ0) is 14.9. The number of aliphatic carboxylic acids is 1. The molecule has 1 heterocycles. The largest absolute Gasteiger partial charge is 0.497 e. The molecule has 21 heavy (non-hydrogen) atoms. The fraction of sp³-hybridized carbons (Fsp3) is 0.500. The lowest BCUT2D eigenvalue weighted by Crippen LogP contribution is -2.23. The molecule has 1 saturated carbocycles. The minimum absolute atomic E-state index is 0.0935. The topological polar surface area (TPSA) is 59.4 Å². The third-order valence-electron chi connectivity index (χ3n) is 4.36. The van der Waals surface area contributed by atoms with E-state index >= 15 is 0 Å². The van der Waals surface area contributed by atoms with Crippen molar-refractivity contribution < 1.29 is 14.6 Å². The number of fused-ring (bicyclic) bond motifs is 1. The smallest absolute Gasteiger partial charge is 0.303 e. The van der Waals surface area contributed by atoms with Crippen molar-refractivity contribution in [1.82, 2.24) is 4.98 Å². The number of carboxylic acid groups (broad SMARTS) is 1. The zero-order valence-electron chi connectivity index (χ0n) is 12.1. The molecule has 4 nitrogen and oxygen atoms in total. The Morgan fingerprint density at radius 2 is 2.19 bits per heavy atom. The molecule has 1 aliphatic rings. The predicted octanol–water partition coefficient (Wildman–Crippen LogP) is 3.88. The number of ether oxygens (including phenoxy) is 1. The first-order chi connectivity index (χ1) is 10.1. The van der Waals surface area contributed by atoms with Gasteiger partial charge in [-0.15, -0.1) is 11.3 Å². The van der Waals surface area contributed by atoms with Gasteiger partial charge in [-0.25, -0.2) is 4.98 Å². The molecule has 1 N–H and O–H groups in total. The Kier molecular flexibility index (Phi) is 3.85. The molecule has 0 saturated heterocycles. The van der Waals surface area contributed by atoms with E-state index in [9.17, 15) is 9.90 Å². The standard InChI is InChI=1S/C16H19NO3S/c1-20-11-4-5-12-13(8-11)21-14(17-12)9-16(10-15(18)19)6-2-3-7-16/h4-5,8H,2-3,6-7,9-10H2,1H3,(H,18,19). The van der Waals surface area contributed by atoms with E-state index in [0.29, 0.717) is 0 Å². The summed E-state index contributed by atoms with van der Waals surface area (Å²) in [6, 6.07) is 5.87. The molecule has 0 aliphatic heterocycles.